The number of imidazole rings is 1. The highest BCUT2D eigenvalue weighted by atomic mass is 16.5. The topological polar surface area (TPSA) is 93.2 Å². The second-order valence-electron chi connectivity index (χ2n) is 6.32. The summed E-state index contributed by atoms with van der Waals surface area (Å²) < 4.78 is 9.90. The number of anilines is 1. The molecule has 0 bridgehead atoms. The molecule has 0 radical (unpaired) electrons. The van der Waals surface area contributed by atoms with Gasteiger partial charge in [0, 0.05) is 24.7 Å². The van der Waals surface area contributed by atoms with E-state index in [1.54, 1.807) is 32.8 Å². The third-order valence-corrected chi connectivity index (χ3v) is 4.43. The molecule has 152 valence electrons. The van der Waals surface area contributed by atoms with Crippen molar-refractivity contribution in [2.45, 2.75) is 19.8 Å². The van der Waals surface area contributed by atoms with Crippen molar-refractivity contribution in [3.63, 3.8) is 0 Å². The maximum absolute atomic E-state index is 11.1. The number of ether oxygens (including phenoxy) is 2. The van der Waals surface area contributed by atoms with Crippen LogP contribution in [0, 0.1) is 0 Å². The van der Waals surface area contributed by atoms with Gasteiger partial charge >= 0.3 is 5.97 Å². The number of H-pyrrole nitrogens is 1. The third-order valence-electron chi connectivity index (χ3n) is 4.43. The van der Waals surface area contributed by atoms with Gasteiger partial charge in [-0.15, -0.1) is 0 Å². The van der Waals surface area contributed by atoms with Crippen LogP contribution in [0.5, 0.6) is 5.75 Å². The van der Waals surface area contributed by atoms with Crippen LogP contribution < -0.4 is 9.64 Å². The van der Waals surface area contributed by atoms with E-state index >= 15 is 0 Å². The summed E-state index contributed by atoms with van der Waals surface area (Å²) in [6.07, 6.45) is 8.81. The van der Waals surface area contributed by atoms with E-state index in [9.17, 15) is 4.79 Å². The number of carbonyl (C=O) groups is 1. The average molecular weight is 395 g/mol. The number of aromatic amines is 1. The predicted octanol–water partition coefficient (Wildman–Crippen LogP) is 3.22. The zero-order chi connectivity index (χ0) is 20.5. The molecular formula is C21H25N5O3. The summed E-state index contributed by atoms with van der Waals surface area (Å²) >= 11 is 0. The second-order valence-corrected chi connectivity index (χ2v) is 6.32. The Hall–Kier alpha value is -3.42. The monoisotopic (exact) mass is 395 g/mol. The van der Waals surface area contributed by atoms with E-state index in [1.807, 2.05) is 24.3 Å². The van der Waals surface area contributed by atoms with Crippen molar-refractivity contribution in [3.8, 4) is 5.75 Å². The van der Waals surface area contributed by atoms with Crippen LogP contribution in [0.2, 0.25) is 0 Å². The van der Waals surface area contributed by atoms with E-state index in [0.717, 1.165) is 41.4 Å². The number of nitrogens with one attached hydrogen (secondary N) is 1. The fraction of sp³-hybridized carbons (Fsp3) is 0.333. The van der Waals surface area contributed by atoms with Crippen molar-refractivity contribution >= 4 is 29.0 Å². The lowest BCUT2D eigenvalue weighted by Gasteiger charge is -2.15. The van der Waals surface area contributed by atoms with E-state index in [4.69, 9.17) is 9.47 Å². The molecule has 0 atom stereocenters. The Morgan fingerprint density at radius 2 is 2.00 bits per heavy atom. The largest absolute Gasteiger partial charge is 0.496 e. The van der Waals surface area contributed by atoms with Gasteiger partial charge in [0.25, 0.3) is 0 Å². The first-order valence-electron chi connectivity index (χ1n) is 9.59. The summed E-state index contributed by atoms with van der Waals surface area (Å²) in [5, 5.41) is 0. The van der Waals surface area contributed by atoms with Crippen molar-refractivity contribution in [1.82, 2.24) is 19.9 Å². The molecule has 0 unspecified atom stereocenters. The maximum Gasteiger partial charge on any atom is 0.330 e. The Bertz CT molecular complexity index is 964. The number of aromatic nitrogens is 4. The zero-order valence-corrected chi connectivity index (χ0v) is 16.7. The molecule has 0 spiro atoms. The molecule has 1 saturated heterocycles. The number of hydrogen-bond donors (Lipinski definition) is 1. The van der Waals surface area contributed by atoms with Gasteiger partial charge in [-0.3, -0.25) is 0 Å². The van der Waals surface area contributed by atoms with E-state index in [1.165, 1.54) is 18.9 Å². The Balaban J connectivity index is 0.000000166. The highest BCUT2D eigenvalue weighted by Crippen LogP contribution is 2.23. The summed E-state index contributed by atoms with van der Waals surface area (Å²) in [5.74, 6) is 1.38. The summed E-state index contributed by atoms with van der Waals surface area (Å²) in [6.45, 7) is 4.33. The van der Waals surface area contributed by atoms with Crippen LogP contribution in [0.1, 0.15) is 25.3 Å². The van der Waals surface area contributed by atoms with Crippen LogP contribution in [0.25, 0.3) is 17.2 Å². The number of para-hydroxylation sites is 1. The molecular weight excluding hydrogens is 370 g/mol. The predicted molar refractivity (Wildman–Crippen MR) is 112 cm³/mol. The van der Waals surface area contributed by atoms with Gasteiger partial charge in [-0.2, -0.15) is 0 Å². The first kappa shape index (κ1) is 20.3. The highest BCUT2D eigenvalue weighted by Gasteiger charge is 2.17. The Morgan fingerprint density at radius 1 is 1.21 bits per heavy atom. The van der Waals surface area contributed by atoms with Crippen molar-refractivity contribution in [3.05, 3.63) is 48.6 Å². The molecule has 1 aromatic carbocycles. The molecule has 3 aromatic rings. The molecule has 1 aliphatic rings. The minimum absolute atomic E-state index is 0.344. The van der Waals surface area contributed by atoms with Gasteiger partial charge in [-0.25, -0.2) is 19.7 Å². The molecule has 3 heterocycles. The van der Waals surface area contributed by atoms with Crippen molar-refractivity contribution in [2.24, 2.45) is 0 Å². The van der Waals surface area contributed by atoms with Gasteiger partial charge in [-0.1, -0.05) is 18.2 Å². The van der Waals surface area contributed by atoms with Crippen LogP contribution in [0.4, 0.5) is 5.82 Å². The Kier molecular flexibility index (Phi) is 7.16. The molecule has 2 aromatic heterocycles. The summed E-state index contributed by atoms with van der Waals surface area (Å²) in [6, 6.07) is 7.47. The van der Waals surface area contributed by atoms with Gasteiger partial charge < -0.3 is 19.4 Å². The Morgan fingerprint density at radius 3 is 2.76 bits per heavy atom. The fourth-order valence-corrected chi connectivity index (χ4v) is 3.07. The highest BCUT2D eigenvalue weighted by molar-refractivity contribution is 5.87. The molecule has 8 heteroatoms. The molecule has 29 heavy (non-hydrogen) atoms. The lowest BCUT2D eigenvalue weighted by atomic mass is 10.2. The number of nitrogens with zero attached hydrogens (tertiary/aromatic N) is 4. The van der Waals surface area contributed by atoms with Gasteiger partial charge in [0.05, 0.1) is 20.0 Å². The molecule has 0 saturated carbocycles. The van der Waals surface area contributed by atoms with Gasteiger partial charge in [0.15, 0.2) is 11.5 Å². The smallest absolute Gasteiger partial charge is 0.330 e. The normalized spacial score (nSPS) is 13.4. The van der Waals surface area contributed by atoms with E-state index in [0.29, 0.717) is 6.61 Å². The van der Waals surface area contributed by atoms with Crippen LogP contribution in [-0.4, -0.2) is 52.7 Å². The molecule has 4 rings (SSSR count). The minimum Gasteiger partial charge on any atom is -0.496 e. The second kappa shape index (κ2) is 10.2. The standard InChI is InChI=1S/C12H14O3.C9H11N5/c1-3-15-12(13)9-8-10-6-4-5-7-11(10)14-2;1-2-4-14(3-1)9-7-8(11-5-10-7)12-6-13-9/h4-9H,3H2,1-2H3;5-6H,1-4H2,(H,10,11,12,13)/b9-8+;. The number of rotatable bonds is 5. The zero-order valence-electron chi connectivity index (χ0n) is 16.7. The molecule has 0 aliphatic carbocycles. The SMILES string of the molecule is CCOC(=O)/C=C/c1ccccc1OC.c1nc(N2CCCC2)c2[nH]cnc2n1. The lowest BCUT2D eigenvalue weighted by molar-refractivity contribution is -0.137. The number of methoxy groups -OCH3 is 1. The maximum atomic E-state index is 11.1. The molecule has 0 amide bonds. The summed E-state index contributed by atoms with van der Waals surface area (Å²) in [5.41, 5.74) is 2.56. The van der Waals surface area contributed by atoms with E-state index in [-0.39, 0.29) is 5.97 Å². The van der Waals surface area contributed by atoms with Gasteiger partial charge in [0.1, 0.15) is 17.6 Å². The molecule has 1 fully saturated rings. The van der Waals surface area contributed by atoms with Crippen LogP contribution in [-0.2, 0) is 9.53 Å². The number of esters is 1. The summed E-state index contributed by atoms with van der Waals surface area (Å²) in [7, 11) is 1.59. The number of fused-ring (bicyclic) bond motifs is 1. The van der Waals surface area contributed by atoms with Crippen molar-refractivity contribution < 1.29 is 14.3 Å². The van der Waals surface area contributed by atoms with E-state index in [2.05, 4.69) is 24.8 Å². The minimum atomic E-state index is -0.344. The van der Waals surface area contributed by atoms with Crippen LogP contribution in [0.15, 0.2) is 43.0 Å². The first-order chi connectivity index (χ1) is 14.2. The van der Waals surface area contributed by atoms with Gasteiger partial charge in [-0.05, 0) is 31.9 Å². The number of benzene rings is 1. The molecule has 1 aliphatic heterocycles. The van der Waals surface area contributed by atoms with Crippen molar-refractivity contribution in [2.75, 3.05) is 31.7 Å². The average Bonchev–Trinajstić information content (AvgIpc) is 3.45. The quantitative estimate of drug-likeness (QED) is 0.524. The molecule has 8 nitrogen and oxygen atoms in total. The summed E-state index contributed by atoms with van der Waals surface area (Å²) in [4.78, 5) is 28.9. The lowest BCUT2D eigenvalue weighted by Crippen LogP contribution is -2.19. The third kappa shape index (κ3) is 5.31. The number of hydrogen-bond acceptors (Lipinski definition) is 7. The fourth-order valence-electron chi connectivity index (χ4n) is 3.07. The van der Waals surface area contributed by atoms with Crippen LogP contribution >= 0.6 is 0 Å². The Labute approximate surface area is 169 Å². The van der Waals surface area contributed by atoms with Gasteiger partial charge in [0.2, 0.25) is 0 Å². The van der Waals surface area contributed by atoms with E-state index < -0.39 is 0 Å². The first-order valence-corrected chi connectivity index (χ1v) is 9.59. The molecule has 1 N–H and O–H groups in total. The number of carbonyl (C=O) groups excluding carboxylic acids is 1. The van der Waals surface area contributed by atoms with Crippen molar-refractivity contribution in [1.29, 1.82) is 0 Å². The van der Waals surface area contributed by atoms with Crippen LogP contribution in [0.3, 0.4) is 0 Å².